The molecule has 5 nitrogen and oxygen atoms in total. The monoisotopic (exact) mass is 188 g/mol. The molecule has 5 heteroatoms. The van der Waals surface area contributed by atoms with E-state index in [-0.39, 0.29) is 6.61 Å². The van der Waals surface area contributed by atoms with Crippen molar-refractivity contribution in [3.63, 3.8) is 0 Å². The average molecular weight is 188 g/mol. The first-order chi connectivity index (χ1) is 5.99. The lowest BCUT2D eigenvalue weighted by Crippen LogP contribution is -2.43. The molecule has 1 fully saturated rings. The van der Waals surface area contributed by atoms with Crippen LogP contribution in [0.25, 0.3) is 0 Å². The highest BCUT2D eigenvalue weighted by molar-refractivity contribution is 5.98. The molecule has 1 aliphatic heterocycles. The fourth-order valence-electron chi connectivity index (χ4n) is 1.43. The summed E-state index contributed by atoms with van der Waals surface area (Å²) >= 11 is 0. The normalized spacial score (nSPS) is 23.0. The molecule has 1 atom stereocenters. The summed E-state index contributed by atoms with van der Waals surface area (Å²) < 4.78 is 4.98. The van der Waals surface area contributed by atoms with Crippen LogP contribution in [0, 0.1) is 11.3 Å². The summed E-state index contributed by atoms with van der Waals surface area (Å²) in [5.74, 6) is -3.02. The highest BCUT2D eigenvalue weighted by atomic mass is 16.5. The van der Waals surface area contributed by atoms with Crippen LogP contribution in [0.3, 0.4) is 0 Å². The highest BCUT2D eigenvalue weighted by Gasteiger charge is 2.49. The van der Waals surface area contributed by atoms with Crippen LogP contribution in [0.4, 0.5) is 0 Å². The van der Waals surface area contributed by atoms with E-state index in [0.29, 0.717) is 13.0 Å². The van der Waals surface area contributed by atoms with Crippen molar-refractivity contribution in [2.75, 3.05) is 13.2 Å². The fraction of sp³-hybridized carbons (Fsp3) is 0.750. The van der Waals surface area contributed by atoms with Gasteiger partial charge in [-0.3, -0.25) is 9.59 Å². The Morgan fingerprint density at radius 2 is 1.92 bits per heavy atom. The second-order valence-corrected chi connectivity index (χ2v) is 3.37. The molecule has 0 amide bonds. The molecular formula is C8H12O5. The van der Waals surface area contributed by atoms with Crippen molar-refractivity contribution in [2.45, 2.75) is 13.3 Å². The number of ether oxygens (including phenoxy) is 1. The summed E-state index contributed by atoms with van der Waals surface area (Å²) in [5.41, 5.74) is -1.71. The van der Waals surface area contributed by atoms with Gasteiger partial charge in [-0.15, -0.1) is 0 Å². The van der Waals surface area contributed by atoms with Crippen molar-refractivity contribution < 1.29 is 24.5 Å². The molecular weight excluding hydrogens is 176 g/mol. The number of aliphatic carboxylic acids is 2. The number of carbonyl (C=O) groups is 2. The molecule has 0 aromatic rings. The Balaban J connectivity index is 2.89. The van der Waals surface area contributed by atoms with E-state index in [1.54, 1.807) is 0 Å². The van der Waals surface area contributed by atoms with Crippen LogP contribution in [0.15, 0.2) is 0 Å². The second-order valence-electron chi connectivity index (χ2n) is 3.37. The van der Waals surface area contributed by atoms with Crippen LogP contribution in [0.1, 0.15) is 13.3 Å². The lowest BCUT2D eigenvalue weighted by atomic mass is 9.76. The molecule has 1 unspecified atom stereocenters. The van der Waals surface area contributed by atoms with Crippen LogP contribution in [-0.4, -0.2) is 35.4 Å². The van der Waals surface area contributed by atoms with Crippen molar-refractivity contribution in [1.82, 2.24) is 0 Å². The van der Waals surface area contributed by atoms with Crippen LogP contribution < -0.4 is 0 Å². The lowest BCUT2D eigenvalue weighted by Gasteiger charge is -2.25. The molecule has 0 bridgehead atoms. The van der Waals surface area contributed by atoms with Gasteiger partial charge in [0.25, 0.3) is 0 Å². The van der Waals surface area contributed by atoms with Gasteiger partial charge in [-0.2, -0.15) is 0 Å². The van der Waals surface area contributed by atoms with Crippen LogP contribution in [0.2, 0.25) is 0 Å². The minimum atomic E-state index is -1.71. The predicted molar refractivity (Wildman–Crippen MR) is 42.3 cm³/mol. The molecule has 74 valence electrons. The first kappa shape index (κ1) is 9.98. The zero-order chi connectivity index (χ0) is 10.1. The van der Waals surface area contributed by atoms with Crippen LogP contribution in [-0.2, 0) is 14.3 Å². The maximum absolute atomic E-state index is 10.8. The zero-order valence-corrected chi connectivity index (χ0v) is 7.32. The fourth-order valence-corrected chi connectivity index (χ4v) is 1.43. The number of carboxylic acids is 2. The molecule has 0 radical (unpaired) electrons. The maximum atomic E-state index is 10.8. The average Bonchev–Trinajstić information content (AvgIpc) is 2.54. The van der Waals surface area contributed by atoms with Gasteiger partial charge in [-0.25, -0.2) is 0 Å². The van der Waals surface area contributed by atoms with E-state index in [9.17, 15) is 9.59 Å². The predicted octanol–water partition coefficient (Wildman–Crippen LogP) is 0.198. The quantitative estimate of drug-likeness (QED) is 0.618. The van der Waals surface area contributed by atoms with Crippen molar-refractivity contribution in [3.8, 4) is 0 Å². The minimum Gasteiger partial charge on any atom is -0.480 e. The molecule has 0 aromatic carbocycles. The lowest BCUT2D eigenvalue weighted by molar-refractivity contribution is -0.167. The van der Waals surface area contributed by atoms with Gasteiger partial charge in [0.2, 0.25) is 0 Å². The Bertz CT molecular complexity index is 215. The largest absolute Gasteiger partial charge is 0.480 e. The molecule has 2 N–H and O–H groups in total. The van der Waals surface area contributed by atoms with Crippen molar-refractivity contribution in [2.24, 2.45) is 11.3 Å². The van der Waals surface area contributed by atoms with Gasteiger partial charge in [-0.05, 0) is 13.3 Å². The smallest absolute Gasteiger partial charge is 0.321 e. The van der Waals surface area contributed by atoms with Gasteiger partial charge >= 0.3 is 11.9 Å². The number of hydrogen-bond acceptors (Lipinski definition) is 3. The summed E-state index contributed by atoms with van der Waals surface area (Å²) in [5, 5.41) is 17.7. The summed E-state index contributed by atoms with van der Waals surface area (Å²) in [4.78, 5) is 21.6. The van der Waals surface area contributed by atoms with Crippen molar-refractivity contribution in [3.05, 3.63) is 0 Å². The minimum absolute atomic E-state index is 0.217. The SMILES string of the molecule is CC(C(=O)O)(C(=O)O)C1CCOC1. The molecule has 1 aliphatic rings. The highest BCUT2D eigenvalue weighted by Crippen LogP contribution is 2.34. The van der Waals surface area contributed by atoms with E-state index in [4.69, 9.17) is 14.9 Å². The second kappa shape index (κ2) is 3.33. The molecule has 0 saturated carbocycles. The molecule has 13 heavy (non-hydrogen) atoms. The van der Waals surface area contributed by atoms with Crippen LogP contribution >= 0.6 is 0 Å². The third-order valence-corrected chi connectivity index (χ3v) is 2.63. The van der Waals surface area contributed by atoms with Gasteiger partial charge in [0.1, 0.15) is 0 Å². The zero-order valence-electron chi connectivity index (χ0n) is 7.32. The molecule has 0 aromatic heterocycles. The van der Waals surface area contributed by atoms with E-state index >= 15 is 0 Å². The summed E-state index contributed by atoms with van der Waals surface area (Å²) in [6.45, 7) is 1.90. The Kier molecular flexibility index (Phi) is 2.56. The first-order valence-corrected chi connectivity index (χ1v) is 4.04. The van der Waals surface area contributed by atoms with Gasteiger partial charge in [0.05, 0.1) is 6.61 Å². The Hall–Kier alpha value is -1.10. The van der Waals surface area contributed by atoms with E-state index in [0.717, 1.165) is 0 Å². The molecule has 0 spiro atoms. The van der Waals surface area contributed by atoms with E-state index < -0.39 is 23.3 Å². The number of carboxylic acid groups (broad SMARTS) is 2. The molecule has 1 heterocycles. The maximum Gasteiger partial charge on any atom is 0.321 e. The number of hydrogen-bond donors (Lipinski definition) is 2. The van der Waals surface area contributed by atoms with E-state index in [1.165, 1.54) is 6.92 Å². The van der Waals surface area contributed by atoms with E-state index in [1.807, 2.05) is 0 Å². The van der Waals surface area contributed by atoms with Gasteiger partial charge in [-0.1, -0.05) is 0 Å². The summed E-state index contributed by atoms with van der Waals surface area (Å²) in [6.07, 6.45) is 0.495. The molecule has 1 rings (SSSR count). The standard InChI is InChI=1S/C8H12O5/c1-8(6(9)10,7(11)12)5-2-3-13-4-5/h5H,2-4H2,1H3,(H,9,10)(H,11,12). The molecule has 1 saturated heterocycles. The molecule has 0 aliphatic carbocycles. The van der Waals surface area contributed by atoms with Crippen molar-refractivity contribution in [1.29, 1.82) is 0 Å². The van der Waals surface area contributed by atoms with E-state index in [2.05, 4.69) is 0 Å². The van der Waals surface area contributed by atoms with Crippen molar-refractivity contribution >= 4 is 11.9 Å². The number of rotatable bonds is 3. The third-order valence-electron chi connectivity index (χ3n) is 2.63. The summed E-state index contributed by atoms with van der Waals surface area (Å²) in [6, 6.07) is 0. The Morgan fingerprint density at radius 3 is 2.23 bits per heavy atom. The first-order valence-electron chi connectivity index (χ1n) is 4.04. The Morgan fingerprint density at radius 1 is 1.38 bits per heavy atom. The topological polar surface area (TPSA) is 83.8 Å². The summed E-state index contributed by atoms with van der Waals surface area (Å²) in [7, 11) is 0. The van der Waals surface area contributed by atoms with Crippen LogP contribution in [0.5, 0.6) is 0 Å². The van der Waals surface area contributed by atoms with Gasteiger partial charge in [0.15, 0.2) is 5.41 Å². The third kappa shape index (κ3) is 1.51. The Labute approximate surface area is 75.3 Å². The van der Waals surface area contributed by atoms with Gasteiger partial charge in [0, 0.05) is 12.5 Å². The van der Waals surface area contributed by atoms with Gasteiger partial charge < -0.3 is 14.9 Å².